The van der Waals surface area contributed by atoms with Crippen molar-refractivity contribution in [2.24, 2.45) is 0 Å². The van der Waals surface area contributed by atoms with Crippen molar-refractivity contribution in [3.05, 3.63) is 22.6 Å². The van der Waals surface area contributed by atoms with Crippen LogP contribution in [0.3, 0.4) is 0 Å². The number of fused-ring (bicyclic) bond motifs is 1. The smallest absolute Gasteiger partial charge is 0.179 e. The molecule has 3 rings (SSSR count). The molecule has 16 heavy (non-hydrogen) atoms. The topological polar surface area (TPSA) is 42.8 Å². The molecule has 84 valence electrons. The van der Waals surface area contributed by atoms with Gasteiger partial charge in [-0.1, -0.05) is 0 Å². The van der Waals surface area contributed by atoms with Gasteiger partial charge in [-0.05, 0) is 37.7 Å². The Morgan fingerprint density at radius 3 is 3.19 bits per heavy atom. The minimum Gasteiger partial charge on any atom is -0.379 e. The van der Waals surface area contributed by atoms with Gasteiger partial charge in [0.05, 0.1) is 18.2 Å². The van der Waals surface area contributed by atoms with Crippen LogP contribution in [-0.2, 0) is 4.74 Å². The average molecular weight is 235 g/mol. The first-order valence-corrected chi connectivity index (χ1v) is 5.82. The van der Waals surface area contributed by atoms with Gasteiger partial charge in [0.1, 0.15) is 0 Å². The lowest BCUT2D eigenvalue weighted by Gasteiger charge is -2.10. The van der Waals surface area contributed by atoms with Crippen LogP contribution in [0.25, 0.3) is 11.2 Å². The van der Waals surface area contributed by atoms with Crippen LogP contribution in [-0.4, -0.2) is 27.7 Å². The standard InChI is InChI=1S/C11H13N3OS/c1-7-2-3-9-10(12-7)14(11(16)13-9)8-4-5-15-6-8/h2-3,8H,4-6H2,1H3,(H,13,16). The normalized spacial score (nSPS) is 20.7. The van der Waals surface area contributed by atoms with E-state index in [1.54, 1.807) is 0 Å². The molecule has 5 heteroatoms. The van der Waals surface area contributed by atoms with E-state index in [1.807, 2.05) is 19.1 Å². The zero-order valence-electron chi connectivity index (χ0n) is 9.06. The van der Waals surface area contributed by atoms with Crippen LogP contribution in [0.2, 0.25) is 0 Å². The van der Waals surface area contributed by atoms with Crippen molar-refractivity contribution >= 4 is 23.4 Å². The molecule has 1 unspecified atom stereocenters. The fourth-order valence-corrected chi connectivity index (χ4v) is 2.51. The van der Waals surface area contributed by atoms with E-state index in [1.165, 1.54) is 0 Å². The summed E-state index contributed by atoms with van der Waals surface area (Å²) < 4.78 is 8.23. The van der Waals surface area contributed by atoms with Gasteiger partial charge in [-0.25, -0.2) is 4.98 Å². The quantitative estimate of drug-likeness (QED) is 0.772. The van der Waals surface area contributed by atoms with Gasteiger partial charge < -0.3 is 9.72 Å². The number of imidazole rings is 1. The molecule has 3 heterocycles. The highest BCUT2D eigenvalue weighted by Gasteiger charge is 2.21. The maximum absolute atomic E-state index is 5.41. The van der Waals surface area contributed by atoms with Gasteiger partial charge in [-0.15, -0.1) is 0 Å². The first kappa shape index (κ1) is 9.99. The molecular weight excluding hydrogens is 222 g/mol. The minimum absolute atomic E-state index is 0.329. The van der Waals surface area contributed by atoms with Crippen LogP contribution in [0, 0.1) is 11.7 Å². The first-order valence-electron chi connectivity index (χ1n) is 5.41. The van der Waals surface area contributed by atoms with Gasteiger partial charge in [-0.2, -0.15) is 0 Å². The van der Waals surface area contributed by atoms with Crippen molar-refractivity contribution < 1.29 is 4.74 Å². The van der Waals surface area contributed by atoms with Gasteiger partial charge in [-0.3, -0.25) is 4.57 Å². The monoisotopic (exact) mass is 235 g/mol. The number of aromatic amines is 1. The SMILES string of the molecule is Cc1ccc2[nH]c(=S)n(C3CCOC3)c2n1. The Kier molecular flexibility index (Phi) is 2.29. The van der Waals surface area contributed by atoms with E-state index in [0.717, 1.165) is 41.3 Å². The maximum atomic E-state index is 5.41. The molecule has 0 spiro atoms. The number of rotatable bonds is 1. The number of pyridine rings is 1. The van der Waals surface area contributed by atoms with E-state index in [9.17, 15) is 0 Å². The largest absolute Gasteiger partial charge is 0.379 e. The molecular formula is C11H13N3OS. The maximum Gasteiger partial charge on any atom is 0.179 e. The van der Waals surface area contributed by atoms with E-state index in [0.29, 0.717) is 6.04 Å². The number of H-pyrrole nitrogens is 1. The second-order valence-corrected chi connectivity index (χ2v) is 4.53. The van der Waals surface area contributed by atoms with Crippen LogP contribution in [0.5, 0.6) is 0 Å². The van der Waals surface area contributed by atoms with Crippen molar-refractivity contribution in [1.82, 2.24) is 14.5 Å². The molecule has 1 saturated heterocycles. The lowest BCUT2D eigenvalue weighted by atomic mass is 10.2. The molecule has 2 aromatic rings. The zero-order chi connectivity index (χ0) is 11.1. The number of hydrogen-bond acceptors (Lipinski definition) is 3. The summed E-state index contributed by atoms with van der Waals surface area (Å²) in [5.74, 6) is 0. The van der Waals surface area contributed by atoms with E-state index in [2.05, 4.69) is 14.5 Å². The highest BCUT2D eigenvalue weighted by Crippen LogP contribution is 2.24. The Morgan fingerprint density at radius 1 is 1.56 bits per heavy atom. The molecule has 1 N–H and O–H groups in total. The van der Waals surface area contributed by atoms with Crippen molar-refractivity contribution in [2.75, 3.05) is 13.2 Å². The molecule has 1 atom stereocenters. The second-order valence-electron chi connectivity index (χ2n) is 4.14. The number of aromatic nitrogens is 3. The number of hydrogen-bond donors (Lipinski definition) is 1. The van der Waals surface area contributed by atoms with Gasteiger partial charge in [0.2, 0.25) is 0 Å². The number of aryl methyl sites for hydroxylation is 1. The Balaban J connectivity index is 2.25. The van der Waals surface area contributed by atoms with Gasteiger partial charge >= 0.3 is 0 Å². The van der Waals surface area contributed by atoms with E-state index < -0.39 is 0 Å². The highest BCUT2D eigenvalue weighted by atomic mass is 32.1. The van der Waals surface area contributed by atoms with E-state index in [4.69, 9.17) is 17.0 Å². The summed E-state index contributed by atoms with van der Waals surface area (Å²) in [5, 5.41) is 0. The summed E-state index contributed by atoms with van der Waals surface area (Å²) in [5.41, 5.74) is 2.96. The predicted molar refractivity (Wildman–Crippen MR) is 64.1 cm³/mol. The molecule has 0 saturated carbocycles. The Hall–Kier alpha value is -1.20. The summed E-state index contributed by atoms with van der Waals surface area (Å²) in [6.07, 6.45) is 1.01. The van der Waals surface area contributed by atoms with Crippen molar-refractivity contribution in [1.29, 1.82) is 0 Å². The number of ether oxygens (including phenoxy) is 1. The second kappa shape index (κ2) is 3.68. The van der Waals surface area contributed by atoms with Crippen molar-refractivity contribution in [3.8, 4) is 0 Å². The third-order valence-electron chi connectivity index (χ3n) is 2.97. The summed E-state index contributed by atoms with van der Waals surface area (Å²) in [6, 6.07) is 4.35. The summed E-state index contributed by atoms with van der Waals surface area (Å²) in [7, 11) is 0. The fraction of sp³-hybridized carbons (Fsp3) is 0.455. The van der Waals surface area contributed by atoms with Crippen LogP contribution in [0.1, 0.15) is 18.2 Å². The molecule has 0 bridgehead atoms. The molecule has 0 amide bonds. The summed E-state index contributed by atoms with van der Waals surface area (Å²) >= 11 is 5.34. The number of nitrogens with zero attached hydrogens (tertiary/aromatic N) is 2. The van der Waals surface area contributed by atoms with Crippen LogP contribution >= 0.6 is 12.2 Å². The molecule has 4 nitrogen and oxygen atoms in total. The average Bonchev–Trinajstić information content (AvgIpc) is 2.83. The third kappa shape index (κ3) is 1.47. The zero-order valence-corrected chi connectivity index (χ0v) is 9.88. The predicted octanol–water partition coefficient (Wildman–Crippen LogP) is 2.36. The third-order valence-corrected chi connectivity index (χ3v) is 3.27. The summed E-state index contributed by atoms with van der Waals surface area (Å²) in [6.45, 7) is 3.53. The first-order chi connectivity index (χ1) is 7.75. The molecule has 0 aromatic carbocycles. The van der Waals surface area contributed by atoms with E-state index >= 15 is 0 Å². The summed E-state index contributed by atoms with van der Waals surface area (Å²) in [4.78, 5) is 7.74. The Labute approximate surface area is 98.3 Å². The highest BCUT2D eigenvalue weighted by molar-refractivity contribution is 7.71. The molecule has 1 aliphatic rings. The van der Waals surface area contributed by atoms with Crippen molar-refractivity contribution in [3.63, 3.8) is 0 Å². The lowest BCUT2D eigenvalue weighted by Crippen LogP contribution is -2.09. The Bertz CT molecular complexity index is 580. The van der Waals surface area contributed by atoms with Crippen LogP contribution < -0.4 is 0 Å². The molecule has 2 aromatic heterocycles. The van der Waals surface area contributed by atoms with Gasteiger partial charge in [0.15, 0.2) is 10.4 Å². The van der Waals surface area contributed by atoms with Gasteiger partial charge in [0.25, 0.3) is 0 Å². The van der Waals surface area contributed by atoms with Crippen LogP contribution in [0.4, 0.5) is 0 Å². The minimum atomic E-state index is 0.329. The van der Waals surface area contributed by atoms with Crippen molar-refractivity contribution in [2.45, 2.75) is 19.4 Å². The fourth-order valence-electron chi connectivity index (χ4n) is 2.16. The molecule has 0 aliphatic carbocycles. The number of nitrogens with one attached hydrogen (secondary N) is 1. The van der Waals surface area contributed by atoms with Crippen LogP contribution in [0.15, 0.2) is 12.1 Å². The van der Waals surface area contributed by atoms with Gasteiger partial charge in [0, 0.05) is 12.3 Å². The molecule has 1 aliphatic heterocycles. The molecule has 0 radical (unpaired) electrons. The lowest BCUT2D eigenvalue weighted by molar-refractivity contribution is 0.187. The molecule has 1 fully saturated rings. The Morgan fingerprint density at radius 2 is 2.44 bits per heavy atom. The van der Waals surface area contributed by atoms with E-state index in [-0.39, 0.29) is 0 Å².